The number of benzene rings is 2. The Morgan fingerprint density at radius 2 is 1.49 bits per heavy atom. The molecule has 0 bridgehead atoms. The van der Waals surface area contributed by atoms with Crippen LogP contribution in [-0.2, 0) is 14.4 Å². The Labute approximate surface area is 225 Å². The van der Waals surface area contributed by atoms with Gasteiger partial charge in [0.2, 0.25) is 5.91 Å². The molecule has 8 nitrogen and oxygen atoms in total. The van der Waals surface area contributed by atoms with Gasteiger partial charge in [0.25, 0.3) is 11.8 Å². The minimum Gasteiger partial charge on any atom is -0.357 e. The van der Waals surface area contributed by atoms with Crippen molar-refractivity contribution in [2.75, 3.05) is 27.2 Å². The first-order valence-corrected chi connectivity index (χ1v) is 13.0. The number of rotatable bonds is 3. The van der Waals surface area contributed by atoms with E-state index in [1.807, 2.05) is 11.8 Å². The summed E-state index contributed by atoms with van der Waals surface area (Å²) >= 11 is 0. The number of carbonyl (C=O) groups is 3. The van der Waals surface area contributed by atoms with Gasteiger partial charge >= 0.3 is 0 Å². The lowest BCUT2D eigenvalue weighted by atomic mass is 9.87. The van der Waals surface area contributed by atoms with Gasteiger partial charge in [-0.15, -0.1) is 0 Å². The normalized spacial score (nSPS) is 27.0. The van der Waals surface area contributed by atoms with Gasteiger partial charge in [0.05, 0.1) is 23.8 Å². The molecule has 1 N–H and O–H groups in total. The molecular weight excluding hydrogens is 504 g/mol. The molecule has 0 aromatic heterocycles. The van der Waals surface area contributed by atoms with E-state index in [2.05, 4.69) is 10.2 Å². The second kappa shape index (κ2) is 9.30. The first-order valence-electron chi connectivity index (χ1n) is 13.0. The highest BCUT2D eigenvalue weighted by atomic mass is 19.1. The summed E-state index contributed by atoms with van der Waals surface area (Å²) in [4.78, 5) is 46.7. The van der Waals surface area contributed by atoms with Crippen LogP contribution >= 0.6 is 0 Å². The average Bonchev–Trinajstić information content (AvgIpc) is 2.92. The Hall–Kier alpha value is -4.05. The van der Waals surface area contributed by atoms with Crippen LogP contribution in [0, 0.1) is 11.6 Å². The van der Waals surface area contributed by atoms with Crippen molar-refractivity contribution in [1.82, 2.24) is 24.9 Å². The van der Waals surface area contributed by atoms with Gasteiger partial charge in [0, 0.05) is 39.3 Å². The summed E-state index contributed by atoms with van der Waals surface area (Å²) in [7, 11) is 3.27. The molecule has 4 aliphatic rings. The van der Waals surface area contributed by atoms with Gasteiger partial charge in [0.1, 0.15) is 23.4 Å². The fourth-order valence-electron chi connectivity index (χ4n) is 6.39. The van der Waals surface area contributed by atoms with Crippen molar-refractivity contribution >= 4 is 17.7 Å². The largest absolute Gasteiger partial charge is 0.357 e. The van der Waals surface area contributed by atoms with Gasteiger partial charge < -0.3 is 20.0 Å². The first-order chi connectivity index (χ1) is 18.7. The number of fused-ring (bicyclic) bond motifs is 4. The van der Waals surface area contributed by atoms with E-state index in [0.29, 0.717) is 18.8 Å². The number of halogens is 2. The summed E-state index contributed by atoms with van der Waals surface area (Å²) in [5.41, 5.74) is 2.57. The maximum Gasteiger partial charge on any atom is 0.272 e. The lowest BCUT2D eigenvalue weighted by molar-refractivity contribution is -0.147. The molecule has 4 atom stereocenters. The number of nitrogens with one attached hydrogen (secondary N) is 1. The number of hydrogen-bond donors (Lipinski definition) is 1. The summed E-state index contributed by atoms with van der Waals surface area (Å²) in [6.45, 7) is 2.76. The number of hydrogen-bond acceptors (Lipinski definition) is 5. The zero-order valence-corrected chi connectivity index (χ0v) is 21.8. The van der Waals surface area contributed by atoms with Gasteiger partial charge in [-0.05, 0) is 42.3 Å². The molecule has 4 heterocycles. The molecule has 2 aromatic carbocycles. The van der Waals surface area contributed by atoms with E-state index >= 15 is 0 Å². The lowest BCUT2D eigenvalue weighted by Gasteiger charge is -2.56. The summed E-state index contributed by atoms with van der Waals surface area (Å²) < 4.78 is 27.7. The van der Waals surface area contributed by atoms with Crippen molar-refractivity contribution < 1.29 is 23.2 Å². The van der Waals surface area contributed by atoms with Crippen LogP contribution < -0.4 is 5.32 Å². The predicted molar refractivity (Wildman–Crippen MR) is 139 cm³/mol. The van der Waals surface area contributed by atoms with E-state index < -0.39 is 12.1 Å². The molecular formula is C29H29F2N5O3. The predicted octanol–water partition coefficient (Wildman–Crippen LogP) is 2.01. The van der Waals surface area contributed by atoms with E-state index in [9.17, 15) is 23.2 Å². The zero-order chi connectivity index (χ0) is 27.6. The first kappa shape index (κ1) is 25.2. The zero-order valence-electron chi connectivity index (χ0n) is 21.8. The highest BCUT2D eigenvalue weighted by molar-refractivity contribution is 6.03. The molecule has 2 aromatic rings. The molecule has 202 valence electrons. The Morgan fingerprint density at radius 3 is 2.08 bits per heavy atom. The van der Waals surface area contributed by atoms with Crippen LogP contribution in [0.1, 0.15) is 24.1 Å². The molecule has 1 saturated heterocycles. The van der Waals surface area contributed by atoms with Crippen LogP contribution in [0.5, 0.6) is 0 Å². The molecule has 3 amide bonds. The van der Waals surface area contributed by atoms with Crippen molar-refractivity contribution in [3.63, 3.8) is 0 Å². The SMILES string of the molecule is C[C@@H]1CN2C3=C(C(=O)N(C)C4C=CC(=O)NC34)N(C)C(=O)[C@H]2CN1C(c1ccc(F)cc1)c1ccc(F)cc1. The molecule has 4 aliphatic heterocycles. The molecule has 0 aliphatic carbocycles. The minimum atomic E-state index is -0.618. The van der Waals surface area contributed by atoms with Crippen LogP contribution in [0.25, 0.3) is 0 Å². The monoisotopic (exact) mass is 533 g/mol. The second-order valence-electron chi connectivity index (χ2n) is 10.6. The van der Waals surface area contributed by atoms with Crippen LogP contribution in [-0.4, -0.2) is 88.7 Å². The Balaban J connectivity index is 1.42. The third-order valence-corrected chi connectivity index (χ3v) is 8.34. The highest BCUT2D eigenvalue weighted by Gasteiger charge is 2.53. The Morgan fingerprint density at radius 1 is 0.897 bits per heavy atom. The molecule has 0 spiro atoms. The molecule has 1 fully saturated rings. The third-order valence-electron chi connectivity index (χ3n) is 8.34. The van der Waals surface area contributed by atoms with Crippen molar-refractivity contribution in [3.8, 4) is 0 Å². The summed E-state index contributed by atoms with van der Waals surface area (Å²) in [6.07, 6.45) is 3.16. The number of likely N-dealkylation sites (N-methyl/N-ethyl adjacent to an activating group) is 2. The van der Waals surface area contributed by atoms with Crippen molar-refractivity contribution in [1.29, 1.82) is 0 Å². The fourth-order valence-corrected chi connectivity index (χ4v) is 6.39. The third kappa shape index (κ3) is 4.01. The smallest absolute Gasteiger partial charge is 0.272 e. The summed E-state index contributed by atoms with van der Waals surface area (Å²) in [5.74, 6) is -1.46. The molecule has 39 heavy (non-hydrogen) atoms. The van der Waals surface area contributed by atoms with Crippen molar-refractivity contribution in [2.24, 2.45) is 0 Å². The summed E-state index contributed by atoms with van der Waals surface area (Å²) in [6, 6.07) is 10.5. The van der Waals surface area contributed by atoms with Crippen LogP contribution in [0.4, 0.5) is 8.78 Å². The molecule has 2 unspecified atom stereocenters. The maximum atomic E-state index is 13.8. The standard InChI is InChI=1S/C29H29F2N5O3/c1-16-14-36-22(15-35(16)25(17-4-8-19(30)9-5-17)18-6-10-20(31)11-7-18)28(38)34(3)27-26(36)24-21(33(2)29(27)39)12-13-23(37)32-24/h4-13,16,21-22,24-25H,14-15H2,1-3H3,(H,32,37)/t16-,21?,22-,24?/m1/s1. The number of amides is 3. The van der Waals surface area contributed by atoms with Gasteiger partial charge in [-0.3, -0.25) is 19.3 Å². The summed E-state index contributed by atoms with van der Waals surface area (Å²) in [5, 5.41) is 3.01. The average molecular weight is 534 g/mol. The van der Waals surface area contributed by atoms with Gasteiger partial charge in [-0.1, -0.05) is 30.3 Å². The Kier molecular flexibility index (Phi) is 6.02. The highest BCUT2D eigenvalue weighted by Crippen LogP contribution is 2.40. The number of nitrogens with zero attached hydrogens (tertiary/aromatic N) is 4. The van der Waals surface area contributed by atoms with E-state index in [1.165, 1.54) is 35.2 Å². The van der Waals surface area contributed by atoms with E-state index in [1.54, 1.807) is 49.3 Å². The number of carbonyl (C=O) groups excluding carboxylic acids is 3. The fraction of sp³-hybridized carbons (Fsp3) is 0.345. The molecule has 10 heteroatoms. The molecule has 6 rings (SSSR count). The second-order valence-corrected chi connectivity index (χ2v) is 10.6. The molecule has 0 radical (unpaired) electrons. The lowest BCUT2D eigenvalue weighted by Crippen LogP contribution is -2.71. The van der Waals surface area contributed by atoms with Gasteiger partial charge in [0.15, 0.2) is 0 Å². The quantitative estimate of drug-likeness (QED) is 0.654. The van der Waals surface area contributed by atoms with Crippen molar-refractivity contribution in [2.45, 2.75) is 37.1 Å². The van der Waals surface area contributed by atoms with Crippen LogP contribution in [0.3, 0.4) is 0 Å². The van der Waals surface area contributed by atoms with Crippen LogP contribution in [0.2, 0.25) is 0 Å². The van der Waals surface area contributed by atoms with Crippen LogP contribution in [0.15, 0.2) is 72.1 Å². The molecule has 0 saturated carbocycles. The number of piperazine rings is 1. The van der Waals surface area contributed by atoms with Gasteiger partial charge in [-0.25, -0.2) is 8.78 Å². The van der Waals surface area contributed by atoms with E-state index in [0.717, 1.165) is 11.1 Å². The Bertz CT molecular complexity index is 1360. The topological polar surface area (TPSA) is 76.2 Å². The van der Waals surface area contributed by atoms with Gasteiger partial charge in [-0.2, -0.15) is 0 Å². The van der Waals surface area contributed by atoms with Crippen molar-refractivity contribution in [3.05, 3.63) is 94.8 Å². The van der Waals surface area contributed by atoms with E-state index in [4.69, 9.17) is 0 Å². The maximum absolute atomic E-state index is 13.8. The van der Waals surface area contributed by atoms with E-state index in [-0.39, 0.29) is 53.2 Å². The minimum absolute atomic E-state index is 0.116.